The molecule has 2 aromatic carbocycles. The minimum Gasteiger partial charge on any atom is -0.308 e. The smallest absolute Gasteiger partial charge is 0.127 e. The summed E-state index contributed by atoms with van der Waals surface area (Å²) in [4.78, 5) is 0. The van der Waals surface area contributed by atoms with Gasteiger partial charge in [0.05, 0.1) is 0 Å². The third-order valence-electron chi connectivity index (χ3n) is 2.65. The summed E-state index contributed by atoms with van der Waals surface area (Å²) in [5.74, 6) is -0.539. The second-order valence-electron chi connectivity index (χ2n) is 4.08. The molecule has 1 nitrogen and oxygen atoms in total. The maximum atomic E-state index is 13.5. The van der Waals surface area contributed by atoms with Crippen molar-refractivity contribution in [2.45, 2.75) is 13.1 Å². The van der Waals surface area contributed by atoms with Gasteiger partial charge in [-0.25, -0.2) is 8.78 Å². The van der Waals surface area contributed by atoms with Crippen LogP contribution in [-0.2, 0) is 13.1 Å². The molecule has 0 heterocycles. The lowest BCUT2D eigenvalue weighted by Gasteiger charge is -2.08. The Labute approximate surface area is 127 Å². The van der Waals surface area contributed by atoms with Crippen molar-refractivity contribution in [2.24, 2.45) is 0 Å². The highest BCUT2D eigenvalue weighted by Crippen LogP contribution is 2.18. The molecule has 19 heavy (non-hydrogen) atoms. The highest BCUT2D eigenvalue weighted by Gasteiger charge is 2.04. The van der Waals surface area contributed by atoms with E-state index in [0.29, 0.717) is 18.7 Å². The van der Waals surface area contributed by atoms with Crippen molar-refractivity contribution in [1.82, 2.24) is 5.32 Å². The average molecular weight is 391 g/mol. The van der Waals surface area contributed by atoms with Crippen LogP contribution in [0.15, 0.2) is 45.3 Å². The molecule has 2 aromatic rings. The normalized spacial score (nSPS) is 10.7. The molecule has 0 spiro atoms. The highest BCUT2D eigenvalue weighted by atomic mass is 79.9. The van der Waals surface area contributed by atoms with Crippen LogP contribution < -0.4 is 5.32 Å². The van der Waals surface area contributed by atoms with Crippen molar-refractivity contribution in [2.75, 3.05) is 0 Å². The van der Waals surface area contributed by atoms with Crippen molar-refractivity contribution in [1.29, 1.82) is 0 Å². The molecule has 0 unspecified atom stereocenters. The van der Waals surface area contributed by atoms with E-state index in [9.17, 15) is 8.78 Å². The van der Waals surface area contributed by atoms with Crippen LogP contribution in [0.3, 0.4) is 0 Å². The van der Waals surface area contributed by atoms with E-state index < -0.39 is 0 Å². The summed E-state index contributed by atoms with van der Waals surface area (Å²) in [6, 6.07) is 9.30. The molecule has 0 saturated carbocycles. The van der Waals surface area contributed by atoms with Gasteiger partial charge >= 0.3 is 0 Å². The molecule has 0 amide bonds. The molecular weight excluding hydrogens is 380 g/mol. The Hall–Kier alpha value is -0.780. The second-order valence-corrected chi connectivity index (χ2v) is 5.85. The molecule has 0 atom stereocenters. The summed E-state index contributed by atoms with van der Waals surface area (Å²) < 4.78 is 28.3. The van der Waals surface area contributed by atoms with Crippen molar-refractivity contribution in [3.05, 3.63) is 68.1 Å². The molecule has 0 fully saturated rings. The Morgan fingerprint density at radius 3 is 2.42 bits per heavy atom. The number of nitrogens with one attached hydrogen (secondary N) is 1. The zero-order chi connectivity index (χ0) is 13.8. The predicted molar refractivity (Wildman–Crippen MR) is 78.7 cm³/mol. The number of rotatable bonds is 4. The number of halogens is 4. The van der Waals surface area contributed by atoms with Crippen LogP contribution in [0.25, 0.3) is 0 Å². The largest absolute Gasteiger partial charge is 0.308 e. The van der Waals surface area contributed by atoms with E-state index in [4.69, 9.17) is 0 Å². The molecule has 2 rings (SSSR count). The van der Waals surface area contributed by atoms with E-state index >= 15 is 0 Å². The summed E-state index contributed by atoms with van der Waals surface area (Å²) in [7, 11) is 0. The van der Waals surface area contributed by atoms with Gasteiger partial charge < -0.3 is 5.32 Å². The molecule has 1 N–H and O–H groups in total. The number of hydrogen-bond acceptors (Lipinski definition) is 1. The number of hydrogen-bond donors (Lipinski definition) is 1. The van der Waals surface area contributed by atoms with Gasteiger partial charge in [-0.05, 0) is 42.0 Å². The minimum absolute atomic E-state index is 0.256. The van der Waals surface area contributed by atoms with Gasteiger partial charge in [0.15, 0.2) is 0 Å². The molecule has 0 radical (unpaired) electrons. The van der Waals surface area contributed by atoms with Crippen LogP contribution in [0.1, 0.15) is 11.1 Å². The van der Waals surface area contributed by atoms with Crippen LogP contribution in [0.2, 0.25) is 0 Å². The molecule has 0 aliphatic heterocycles. The summed E-state index contributed by atoms with van der Waals surface area (Å²) in [6.45, 7) is 0.846. The van der Waals surface area contributed by atoms with Gasteiger partial charge in [0.25, 0.3) is 0 Å². The Morgan fingerprint density at radius 2 is 1.63 bits per heavy atom. The van der Waals surface area contributed by atoms with Gasteiger partial charge in [-0.1, -0.05) is 31.9 Å². The third kappa shape index (κ3) is 4.09. The lowest BCUT2D eigenvalue weighted by atomic mass is 10.2. The molecule has 0 aromatic heterocycles. The van der Waals surface area contributed by atoms with E-state index in [1.165, 1.54) is 18.2 Å². The van der Waals surface area contributed by atoms with E-state index in [0.717, 1.165) is 14.5 Å². The fourth-order valence-electron chi connectivity index (χ4n) is 1.69. The van der Waals surface area contributed by atoms with Crippen molar-refractivity contribution in [3.8, 4) is 0 Å². The number of benzene rings is 2. The molecule has 0 saturated heterocycles. The lowest BCUT2D eigenvalue weighted by molar-refractivity contribution is 0.584. The molecule has 0 aliphatic rings. The van der Waals surface area contributed by atoms with Gasteiger partial charge in [0.1, 0.15) is 11.6 Å². The van der Waals surface area contributed by atoms with Crippen LogP contribution in [-0.4, -0.2) is 0 Å². The van der Waals surface area contributed by atoms with E-state index in [-0.39, 0.29) is 11.6 Å². The fourth-order valence-corrected chi connectivity index (χ4v) is 2.48. The van der Waals surface area contributed by atoms with E-state index in [1.807, 2.05) is 0 Å². The van der Waals surface area contributed by atoms with Gasteiger partial charge in [0, 0.05) is 27.6 Å². The summed E-state index contributed by atoms with van der Waals surface area (Å²) in [5, 5.41) is 3.10. The quantitative estimate of drug-likeness (QED) is 0.792. The van der Waals surface area contributed by atoms with Crippen LogP contribution in [0.4, 0.5) is 8.78 Å². The van der Waals surface area contributed by atoms with Crippen LogP contribution in [0.5, 0.6) is 0 Å². The minimum atomic E-state index is -0.284. The Kier molecular flexibility index (Phi) is 5.07. The van der Waals surface area contributed by atoms with E-state index in [2.05, 4.69) is 37.2 Å². The van der Waals surface area contributed by atoms with Crippen LogP contribution in [0, 0.1) is 11.6 Å². The second kappa shape index (κ2) is 6.59. The Balaban J connectivity index is 2.00. The van der Waals surface area contributed by atoms with Gasteiger partial charge in [-0.3, -0.25) is 0 Å². The Bertz CT molecular complexity index is 536. The molecule has 0 bridgehead atoms. The van der Waals surface area contributed by atoms with Crippen molar-refractivity contribution in [3.63, 3.8) is 0 Å². The first-order valence-electron chi connectivity index (χ1n) is 5.65. The zero-order valence-corrected chi connectivity index (χ0v) is 13.1. The van der Waals surface area contributed by atoms with Gasteiger partial charge in [-0.2, -0.15) is 0 Å². The first kappa shape index (κ1) is 14.6. The van der Waals surface area contributed by atoms with E-state index in [1.54, 1.807) is 18.2 Å². The summed E-state index contributed by atoms with van der Waals surface area (Å²) in [6.07, 6.45) is 0. The van der Waals surface area contributed by atoms with Gasteiger partial charge in [0.2, 0.25) is 0 Å². The van der Waals surface area contributed by atoms with Crippen molar-refractivity contribution < 1.29 is 8.78 Å². The Morgan fingerprint density at radius 1 is 0.895 bits per heavy atom. The first-order valence-corrected chi connectivity index (χ1v) is 7.23. The molecule has 0 aliphatic carbocycles. The maximum Gasteiger partial charge on any atom is 0.127 e. The topological polar surface area (TPSA) is 12.0 Å². The molecule has 5 heteroatoms. The average Bonchev–Trinajstić information content (AvgIpc) is 2.38. The summed E-state index contributed by atoms with van der Waals surface area (Å²) in [5.41, 5.74) is 1.37. The fraction of sp³-hybridized carbons (Fsp3) is 0.143. The molecule has 100 valence electrons. The standard InChI is InChI=1S/C14H11Br2F2N/c15-11-1-4-14(18)10(5-11)8-19-7-9-6-12(17)2-3-13(9)16/h1-6,19H,7-8H2. The predicted octanol–water partition coefficient (Wildman–Crippen LogP) is 4.78. The first-order chi connectivity index (χ1) is 9.06. The maximum absolute atomic E-state index is 13.5. The highest BCUT2D eigenvalue weighted by molar-refractivity contribution is 9.10. The SMILES string of the molecule is Fc1ccc(Br)c(CNCc2cc(Br)ccc2F)c1. The van der Waals surface area contributed by atoms with Crippen molar-refractivity contribution >= 4 is 31.9 Å². The third-order valence-corrected chi connectivity index (χ3v) is 3.91. The zero-order valence-electron chi connectivity index (χ0n) is 9.89. The monoisotopic (exact) mass is 389 g/mol. The molecular formula is C14H11Br2F2N. The lowest BCUT2D eigenvalue weighted by Crippen LogP contribution is -2.14. The van der Waals surface area contributed by atoms with Gasteiger partial charge in [-0.15, -0.1) is 0 Å². The summed E-state index contributed by atoms with van der Waals surface area (Å²) >= 11 is 6.66. The van der Waals surface area contributed by atoms with Crippen LogP contribution >= 0.6 is 31.9 Å².